The Morgan fingerprint density at radius 2 is 1.86 bits per heavy atom. The summed E-state index contributed by atoms with van der Waals surface area (Å²) in [5.41, 5.74) is 0. The zero-order valence-corrected chi connectivity index (χ0v) is 11.8. The van der Waals surface area contributed by atoms with Crippen molar-refractivity contribution in [1.29, 1.82) is 0 Å². The molecule has 0 N–H and O–H groups in total. The lowest BCUT2D eigenvalue weighted by atomic mass is 10.3. The molecule has 0 atom stereocenters. The third kappa shape index (κ3) is 8.74. The zero-order chi connectivity index (χ0) is 10.3. The topological polar surface area (TPSA) is 26.3 Å². The van der Waals surface area contributed by atoms with Gasteiger partial charge in [0, 0.05) is 12.8 Å². The Morgan fingerprint density at radius 3 is 2.29 bits per heavy atom. The number of hydrogen-bond donors (Lipinski definition) is 0. The van der Waals surface area contributed by atoms with Gasteiger partial charge in [-0.25, -0.2) is 0 Å². The number of nitrogens with zero attached hydrogens (tertiary/aromatic N) is 1. The Balaban J connectivity index is 0. The van der Waals surface area contributed by atoms with Crippen LogP contribution in [0.15, 0.2) is 0 Å². The summed E-state index contributed by atoms with van der Waals surface area (Å²) in [6, 6.07) is 0. The molecule has 86 valence electrons. The van der Waals surface area contributed by atoms with Crippen LogP contribution in [-0.4, -0.2) is 44.2 Å². The molecule has 0 aliphatic rings. The largest absolute Gasteiger partial charge is 1.00 e. The van der Waals surface area contributed by atoms with E-state index in [4.69, 9.17) is 4.74 Å². The van der Waals surface area contributed by atoms with E-state index in [0.717, 1.165) is 24.0 Å². The highest BCUT2D eigenvalue weighted by molar-refractivity contribution is 5.68. The van der Waals surface area contributed by atoms with Crippen LogP contribution >= 0.6 is 0 Å². The molecule has 0 aromatic rings. The first-order valence-corrected chi connectivity index (χ1v) is 4.99. The summed E-state index contributed by atoms with van der Waals surface area (Å²) in [6.07, 6.45) is 1.43. The van der Waals surface area contributed by atoms with Crippen molar-refractivity contribution in [3.05, 3.63) is 0 Å². The SMILES string of the molecule is CCC(=O)OCCC[N+](C)(C)CC.[I-]. The van der Waals surface area contributed by atoms with Gasteiger partial charge in [0.05, 0.1) is 33.8 Å². The average Bonchev–Trinajstić information content (AvgIpc) is 2.12. The van der Waals surface area contributed by atoms with Gasteiger partial charge < -0.3 is 33.2 Å². The molecule has 0 aliphatic carbocycles. The highest BCUT2D eigenvalue weighted by atomic mass is 127. The lowest BCUT2D eigenvalue weighted by Crippen LogP contribution is -3.00. The van der Waals surface area contributed by atoms with Crippen LogP contribution in [0.2, 0.25) is 0 Å². The van der Waals surface area contributed by atoms with Crippen molar-refractivity contribution < 1.29 is 38.0 Å². The summed E-state index contributed by atoms with van der Waals surface area (Å²) in [4.78, 5) is 10.8. The van der Waals surface area contributed by atoms with Crippen molar-refractivity contribution in [2.45, 2.75) is 26.7 Å². The molecular weight excluding hydrogens is 293 g/mol. The molecule has 0 saturated heterocycles. The maximum Gasteiger partial charge on any atom is 0.305 e. The molecule has 3 nitrogen and oxygen atoms in total. The van der Waals surface area contributed by atoms with E-state index in [1.54, 1.807) is 0 Å². The molecule has 0 rings (SSSR count). The van der Waals surface area contributed by atoms with E-state index in [1.165, 1.54) is 0 Å². The van der Waals surface area contributed by atoms with Crippen molar-refractivity contribution in [3.8, 4) is 0 Å². The number of esters is 1. The molecule has 0 aliphatic heterocycles. The van der Waals surface area contributed by atoms with Crippen LogP contribution in [0.4, 0.5) is 0 Å². The monoisotopic (exact) mass is 315 g/mol. The fraction of sp³-hybridized carbons (Fsp3) is 0.900. The Labute approximate surface area is 104 Å². The molecule has 0 unspecified atom stereocenters. The maximum absolute atomic E-state index is 10.8. The number of hydrogen-bond acceptors (Lipinski definition) is 2. The number of carbonyl (C=O) groups is 1. The maximum atomic E-state index is 10.8. The van der Waals surface area contributed by atoms with Gasteiger partial charge in [-0.3, -0.25) is 4.79 Å². The molecule has 0 aromatic carbocycles. The summed E-state index contributed by atoms with van der Waals surface area (Å²) in [6.45, 7) is 6.72. The van der Waals surface area contributed by atoms with Crippen molar-refractivity contribution in [2.75, 3.05) is 33.8 Å². The highest BCUT2D eigenvalue weighted by Crippen LogP contribution is 1.98. The molecule has 0 amide bonds. The molecule has 0 saturated carbocycles. The number of carbonyl (C=O) groups excluding carboxylic acids is 1. The Hall–Kier alpha value is 0.160. The first-order chi connectivity index (χ1) is 6.02. The zero-order valence-electron chi connectivity index (χ0n) is 9.68. The van der Waals surface area contributed by atoms with Crippen molar-refractivity contribution >= 4 is 5.97 Å². The number of quaternary nitrogens is 1. The number of halogens is 1. The van der Waals surface area contributed by atoms with Gasteiger partial charge in [0.15, 0.2) is 0 Å². The molecule has 14 heavy (non-hydrogen) atoms. The van der Waals surface area contributed by atoms with Gasteiger partial charge in [-0.05, 0) is 6.92 Å². The van der Waals surface area contributed by atoms with Crippen LogP contribution in [0.1, 0.15) is 26.7 Å². The van der Waals surface area contributed by atoms with E-state index in [-0.39, 0.29) is 29.9 Å². The minimum atomic E-state index is -0.0956. The summed E-state index contributed by atoms with van der Waals surface area (Å²) < 4.78 is 5.97. The molecule has 4 heteroatoms. The fourth-order valence-corrected chi connectivity index (χ4v) is 0.939. The van der Waals surface area contributed by atoms with E-state index >= 15 is 0 Å². The quantitative estimate of drug-likeness (QED) is 0.256. The molecule has 0 spiro atoms. The second-order valence-corrected chi connectivity index (χ2v) is 3.90. The molecule has 0 heterocycles. The fourth-order valence-electron chi connectivity index (χ4n) is 0.939. The van der Waals surface area contributed by atoms with Crippen molar-refractivity contribution in [2.24, 2.45) is 0 Å². The van der Waals surface area contributed by atoms with Gasteiger partial charge in [0.1, 0.15) is 0 Å². The molecule has 0 radical (unpaired) electrons. The minimum Gasteiger partial charge on any atom is -1.00 e. The molecular formula is C10H22INO2. The Bertz CT molecular complexity index is 160. The first kappa shape index (κ1) is 16.6. The lowest BCUT2D eigenvalue weighted by Gasteiger charge is -2.27. The number of ether oxygens (including phenoxy) is 1. The second kappa shape index (κ2) is 8.47. The van der Waals surface area contributed by atoms with Crippen molar-refractivity contribution in [3.63, 3.8) is 0 Å². The van der Waals surface area contributed by atoms with E-state index in [9.17, 15) is 4.79 Å². The summed E-state index contributed by atoms with van der Waals surface area (Å²) in [5.74, 6) is -0.0956. The molecule has 0 bridgehead atoms. The van der Waals surface area contributed by atoms with Crippen LogP contribution in [-0.2, 0) is 9.53 Å². The van der Waals surface area contributed by atoms with Gasteiger partial charge in [-0.15, -0.1) is 0 Å². The molecule has 0 aromatic heterocycles. The predicted molar refractivity (Wildman–Crippen MR) is 53.4 cm³/mol. The van der Waals surface area contributed by atoms with E-state index in [1.807, 2.05) is 6.92 Å². The second-order valence-electron chi connectivity index (χ2n) is 3.90. The smallest absolute Gasteiger partial charge is 0.305 e. The average molecular weight is 315 g/mol. The van der Waals surface area contributed by atoms with Crippen LogP contribution < -0.4 is 24.0 Å². The van der Waals surface area contributed by atoms with E-state index < -0.39 is 0 Å². The third-order valence-corrected chi connectivity index (χ3v) is 2.32. The summed E-state index contributed by atoms with van der Waals surface area (Å²) >= 11 is 0. The summed E-state index contributed by atoms with van der Waals surface area (Å²) in [7, 11) is 4.36. The minimum absolute atomic E-state index is 0. The van der Waals surface area contributed by atoms with Gasteiger partial charge >= 0.3 is 5.97 Å². The third-order valence-electron chi connectivity index (χ3n) is 2.32. The van der Waals surface area contributed by atoms with E-state index in [2.05, 4.69) is 21.0 Å². The van der Waals surface area contributed by atoms with Gasteiger partial charge in [-0.2, -0.15) is 0 Å². The van der Waals surface area contributed by atoms with Crippen LogP contribution in [0.25, 0.3) is 0 Å². The van der Waals surface area contributed by atoms with Crippen LogP contribution in [0.5, 0.6) is 0 Å². The van der Waals surface area contributed by atoms with Crippen LogP contribution in [0.3, 0.4) is 0 Å². The first-order valence-electron chi connectivity index (χ1n) is 4.99. The van der Waals surface area contributed by atoms with Crippen molar-refractivity contribution in [1.82, 2.24) is 0 Å². The molecule has 0 fully saturated rings. The standard InChI is InChI=1S/C10H22NO2.HI/c1-5-10(12)13-9-7-8-11(3,4)6-2;/h5-9H2,1-4H3;1H/q+1;/p-1. The van der Waals surface area contributed by atoms with Gasteiger partial charge in [0.2, 0.25) is 0 Å². The van der Waals surface area contributed by atoms with Gasteiger partial charge in [0.25, 0.3) is 0 Å². The lowest BCUT2D eigenvalue weighted by molar-refractivity contribution is -0.888. The Kier molecular flexibility index (Phi) is 10.0. The van der Waals surface area contributed by atoms with E-state index in [0.29, 0.717) is 13.0 Å². The number of rotatable bonds is 6. The Morgan fingerprint density at radius 1 is 1.29 bits per heavy atom. The van der Waals surface area contributed by atoms with Crippen LogP contribution in [0, 0.1) is 0 Å². The normalized spacial score (nSPS) is 10.6. The predicted octanol–water partition coefficient (Wildman–Crippen LogP) is -1.57. The summed E-state index contributed by atoms with van der Waals surface area (Å²) in [5, 5.41) is 0. The van der Waals surface area contributed by atoms with Gasteiger partial charge in [-0.1, -0.05) is 6.92 Å². The highest BCUT2D eigenvalue weighted by Gasteiger charge is 2.10.